The molecule has 0 fully saturated rings. The Labute approximate surface area is 113 Å². The van der Waals surface area contributed by atoms with E-state index in [4.69, 9.17) is 4.74 Å². The summed E-state index contributed by atoms with van der Waals surface area (Å²) in [6, 6.07) is 5.17. The van der Waals surface area contributed by atoms with Gasteiger partial charge in [-0.05, 0) is 44.0 Å². The highest BCUT2D eigenvalue weighted by Gasteiger charge is 2.08. The summed E-state index contributed by atoms with van der Waals surface area (Å²) in [5.74, 6) is -0.374. The normalized spacial score (nSPS) is 9.84. The number of carbonyl (C=O) groups is 2. The molecule has 1 aromatic rings. The summed E-state index contributed by atoms with van der Waals surface area (Å²) in [7, 11) is 0. The van der Waals surface area contributed by atoms with Crippen LogP contribution in [0.2, 0.25) is 0 Å². The molecule has 1 rings (SSSR count). The average molecular weight is 264 g/mol. The number of nitrogens with one attached hydrogen (secondary N) is 2. The maximum atomic E-state index is 11.7. The lowest BCUT2D eigenvalue weighted by Gasteiger charge is -2.08. The summed E-state index contributed by atoms with van der Waals surface area (Å²) >= 11 is 0. The van der Waals surface area contributed by atoms with Crippen molar-refractivity contribution in [3.63, 3.8) is 0 Å². The predicted molar refractivity (Wildman–Crippen MR) is 73.3 cm³/mol. The van der Waals surface area contributed by atoms with Crippen molar-refractivity contribution in [1.82, 2.24) is 10.6 Å². The topological polar surface area (TPSA) is 67.4 Å². The number of rotatable bonds is 5. The monoisotopic (exact) mass is 264 g/mol. The fraction of sp³-hybridized carbons (Fsp3) is 0.429. The number of hydrogen-bond acceptors (Lipinski definition) is 3. The third-order valence-electron chi connectivity index (χ3n) is 2.70. The van der Waals surface area contributed by atoms with E-state index in [2.05, 4.69) is 10.6 Å². The molecule has 0 aliphatic rings. The molecule has 0 radical (unpaired) electrons. The molecule has 1 aromatic carbocycles. The van der Waals surface area contributed by atoms with Gasteiger partial charge in [-0.25, -0.2) is 9.59 Å². The van der Waals surface area contributed by atoms with Crippen LogP contribution >= 0.6 is 0 Å². The minimum Gasteiger partial charge on any atom is -0.460 e. The highest BCUT2D eigenvalue weighted by molar-refractivity contribution is 5.89. The van der Waals surface area contributed by atoms with Gasteiger partial charge < -0.3 is 15.4 Å². The number of amides is 2. The Morgan fingerprint density at radius 1 is 1.16 bits per heavy atom. The molecule has 0 aromatic heterocycles. The lowest BCUT2D eigenvalue weighted by Crippen LogP contribution is -2.37. The number of ether oxygens (including phenoxy) is 1. The number of carbonyl (C=O) groups excluding carboxylic acids is 2. The van der Waals surface area contributed by atoms with Crippen LogP contribution in [-0.4, -0.2) is 31.7 Å². The van der Waals surface area contributed by atoms with Gasteiger partial charge in [0.05, 0.1) is 12.1 Å². The number of hydrogen-bond donors (Lipinski definition) is 2. The number of aryl methyl sites for hydroxylation is 2. The van der Waals surface area contributed by atoms with Gasteiger partial charge in [-0.15, -0.1) is 0 Å². The van der Waals surface area contributed by atoms with E-state index in [1.54, 1.807) is 12.1 Å². The molecule has 0 saturated heterocycles. The molecular formula is C14H20N2O3. The molecule has 19 heavy (non-hydrogen) atoms. The van der Waals surface area contributed by atoms with E-state index in [1.807, 2.05) is 26.8 Å². The Morgan fingerprint density at radius 3 is 2.53 bits per heavy atom. The molecule has 104 valence electrons. The molecule has 0 bridgehead atoms. The molecular weight excluding hydrogens is 244 g/mol. The molecule has 0 saturated carbocycles. The Hall–Kier alpha value is -2.04. The molecule has 0 spiro atoms. The van der Waals surface area contributed by atoms with Crippen molar-refractivity contribution in [3.8, 4) is 0 Å². The smallest absolute Gasteiger partial charge is 0.338 e. The minimum absolute atomic E-state index is 0.156. The van der Waals surface area contributed by atoms with Gasteiger partial charge in [0.2, 0.25) is 0 Å². The van der Waals surface area contributed by atoms with Crippen molar-refractivity contribution in [2.75, 3.05) is 19.7 Å². The Morgan fingerprint density at radius 2 is 1.89 bits per heavy atom. The lowest BCUT2D eigenvalue weighted by atomic mass is 10.1. The largest absolute Gasteiger partial charge is 0.460 e. The molecule has 5 nitrogen and oxygen atoms in total. The zero-order valence-corrected chi connectivity index (χ0v) is 11.6. The summed E-state index contributed by atoms with van der Waals surface area (Å²) in [4.78, 5) is 22.8. The standard InChI is InChI=1S/C14H20N2O3/c1-4-15-14(18)16-7-8-19-13(17)12-6-5-10(2)11(3)9-12/h5-6,9H,4,7-8H2,1-3H3,(H2,15,16,18). The molecule has 0 heterocycles. The summed E-state index contributed by atoms with van der Waals surface area (Å²) in [6.07, 6.45) is 0. The van der Waals surface area contributed by atoms with Crippen molar-refractivity contribution >= 4 is 12.0 Å². The summed E-state index contributed by atoms with van der Waals surface area (Å²) in [5, 5.41) is 5.17. The van der Waals surface area contributed by atoms with Crippen LogP contribution in [0.3, 0.4) is 0 Å². The van der Waals surface area contributed by atoms with Crippen molar-refractivity contribution < 1.29 is 14.3 Å². The van der Waals surface area contributed by atoms with E-state index < -0.39 is 0 Å². The predicted octanol–water partition coefficient (Wildman–Crippen LogP) is 1.78. The molecule has 0 aliphatic heterocycles. The SMILES string of the molecule is CCNC(=O)NCCOC(=O)c1ccc(C)c(C)c1. The quantitative estimate of drug-likeness (QED) is 0.629. The van der Waals surface area contributed by atoms with Crippen LogP contribution in [0, 0.1) is 13.8 Å². The van der Waals surface area contributed by atoms with E-state index in [-0.39, 0.29) is 18.6 Å². The van der Waals surface area contributed by atoms with Crippen LogP contribution in [0.5, 0.6) is 0 Å². The second-order valence-electron chi connectivity index (χ2n) is 4.22. The maximum Gasteiger partial charge on any atom is 0.338 e. The molecule has 2 N–H and O–H groups in total. The highest BCUT2D eigenvalue weighted by Crippen LogP contribution is 2.10. The number of urea groups is 1. The molecule has 0 unspecified atom stereocenters. The van der Waals surface area contributed by atoms with Crippen LogP contribution < -0.4 is 10.6 Å². The van der Waals surface area contributed by atoms with E-state index in [9.17, 15) is 9.59 Å². The van der Waals surface area contributed by atoms with Crippen LogP contribution in [0.1, 0.15) is 28.4 Å². The van der Waals surface area contributed by atoms with Crippen molar-refractivity contribution in [2.24, 2.45) is 0 Å². The van der Waals surface area contributed by atoms with Gasteiger partial charge in [0.1, 0.15) is 6.61 Å². The van der Waals surface area contributed by atoms with Gasteiger partial charge in [0.15, 0.2) is 0 Å². The van der Waals surface area contributed by atoms with Gasteiger partial charge in [-0.1, -0.05) is 6.07 Å². The first-order valence-electron chi connectivity index (χ1n) is 6.30. The first-order chi connectivity index (χ1) is 9.04. The summed E-state index contributed by atoms with van der Waals surface area (Å²) < 4.78 is 5.07. The van der Waals surface area contributed by atoms with Gasteiger partial charge in [-0.2, -0.15) is 0 Å². The Balaban J connectivity index is 2.35. The fourth-order valence-electron chi connectivity index (χ4n) is 1.48. The fourth-order valence-corrected chi connectivity index (χ4v) is 1.48. The zero-order chi connectivity index (χ0) is 14.3. The highest BCUT2D eigenvalue weighted by atomic mass is 16.5. The van der Waals surface area contributed by atoms with Gasteiger partial charge in [-0.3, -0.25) is 0 Å². The second kappa shape index (κ2) is 7.41. The zero-order valence-electron chi connectivity index (χ0n) is 11.6. The minimum atomic E-state index is -0.374. The van der Waals surface area contributed by atoms with Crippen molar-refractivity contribution in [1.29, 1.82) is 0 Å². The summed E-state index contributed by atoms with van der Waals surface area (Å²) in [6.45, 7) is 6.78. The molecule has 0 aliphatic carbocycles. The van der Waals surface area contributed by atoms with Crippen molar-refractivity contribution in [3.05, 3.63) is 34.9 Å². The van der Waals surface area contributed by atoms with Crippen LogP contribution in [0.4, 0.5) is 4.79 Å². The van der Waals surface area contributed by atoms with Crippen LogP contribution in [-0.2, 0) is 4.74 Å². The van der Waals surface area contributed by atoms with E-state index >= 15 is 0 Å². The lowest BCUT2D eigenvalue weighted by molar-refractivity contribution is 0.0510. The van der Waals surface area contributed by atoms with Crippen LogP contribution in [0.15, 0.2) is 18.2 Å². The van der Waals surface area contributed by atoms with E-state index in [0.29, 0.717) is 18.7 Å². The van der Waals surface area contributed by atoms with Gasteiger partial charge >= 0.3 is 12.0 Å². The molecule has 5 heteroatoms. The van der Waals surface area contributed by atoms with E-state index in [1.165, 1.54) is 0 Å². The molecule has 0 atom stereocenters. The maximum absolute atomic E-state index is 11.7. The van der Waals surface area contributed by atoms with Crippen molar-refractivity contribution in [2.45, 2.75) is 20.8 Å². The Bertz CT molecular complexity index is 458. The number of esters is 1. The first-order valence-corrected chi connectivity index (χ1v) is 6.30. The summed E-state index contributed by atoms with van der Waals surface area (Å²) in [5.41, 5.74) is 2.71. The first kappa shape index (κ1) is 15.0. The third-order valence-corrected chi connectivity index (χ3v) is 2.70. The van der Waals surface area contributed by atoms with E-state index in [0.717, 1.165) is 11.1 Å². The van der Waals surface area contributed by atoms with Gasteiger partial charge in [0, 0.05) is 6.54 Å². The third kappa shape index (κ3) is 4.99. The second-order valence-corrected chi connectivity index (χ2v) is 4.22. The average Bonchev–Trinajstić information content (AvgIpc) is 2.38. The van der Waals surface area contributed by atoms with Gasteiger partial charge in [0.25, 0.3) is 0 Å². The number of benzene rings is 1. The van der Waals surface area contributed by atoms with Crippen LogP contribution in [0.25, 0.3) is 0 Å². The molecule has 2 amide bonds. The Kier molecular flexibility index (Phi) is 5.85.